The fraction of sp³-hybridized carbons (Fsp3) is 0.333. The Morgan fingerprint density at radius 2 is 1.80 bits per heavy atom. The molecule has 0 amide bonds. The van der Waals surface area contributed by atoms with Crippen molar-refractivity contribution in [3.63, 3.8) is 0 Å². The molecule has 1 rings (SSSR count). The molecule has 0 aromatic heterocycles. The lowest BCUT2D eigenvalue weighted by Crippen LogP contribution is -2.33. The number of nitrogen functional groups attached to an aromatic ring is 1. The second kappa shape index (κ2) is 5.99. The second-order valence-corrected chi connectivity index (χ2v) is 7.48. The first-order chi connectivity index (χ1) is 9.10. The lowest BCUT2D eigenvalue weighted by molar-refractivity contribution is 0.549. The topological polar surface area (TPSA) is 118 Å². The molecule has 7 nitrogen and oxygen atoms in total. The molecule has 20 heavy (non-hydrogen) atoms. The van der Waals surface area contributed by atoms with Gasteiger partial charge in [-0.2, -0.15) is 0 Å². The molecule has 11 heteroatoms. The molecular weight excluding hydrogens is 316 g/mol. The number of rotatable bonds is 6. The van der Waals surface area contributed by atoms with E-state index < -0.39 is 54.6 Å². The van der Waals surface area contributed by atoms with Crippen LogP contribution >= 0.6 is 0 Å². The molecule has 0 saturated carbocycles. The zero-order valence-electron chi connectivity index (χ0n) is 10.4. The van der Waals surface area contributed by atoms with Crippen molar-refractivity contribution < 1.29 is 25.6 Å². The molecule has 0 radical (unpaired) electrons. The van der Waals surface area contributed by atoms with Gasteiger partial charge in [0.05, 0.1) is 5.75 Å². The summed E-state index contributed by atoms with van der Waals surface area (Å²) in [6.07, 6.45) is 0. The van der Waals surface area contributed by atoms with Crippen LogP contribution in [0, 0.1) is 11.6 Å². The summed E-state index contributed by atoms with van der Waals surface area (Å²) in [5, 5.41) is 0. The first-order valence-electron chi connectivity index (χ1n) is 5.25. The van der Waals surface area contributed by atoms with Crippen LogP contribution in [0.1, 0.15) is 0 Å². The first-order valence-corrected chi connectivity index (χ1v) is 8.38. The normalized spacial score (nSPS) is 12.6. The average molecular weight is 329 g/mol. The molecule has 0 aliphatic carbocycles. The zero-order chi connectivity index (χ0) is 15.6. The highest BCUT2D eigenvalue weighted by Gasteiger charge is 2.22. The Labute approximate surface area is 115 Å². The molecule has 4 N–H and O–H groups in total. The van der Waals surface area contributed by atoms with Crippen molar-refractivity contribution in [3.05, 3.63) is 23.8 Å². The van der Waals surface area contributed by atoms with Gasteiger partial charge < -0.3 is 5.73 Å². The quantitative estimate of drug-likeness (QED) is 0.601. The van der Waals surface area contributed by atoms with Crippen molar-refractivity contribution in [3.8, 4) is 0 Å². The number of anilines is 1. The number of nitrogens with two attached hydrogens (primary N) is 1. The summed E-state index contributed by atoms with van der Waals surface area (Å²) in [7, 11) is -6.76. The van der Waals surface area contributed by atoms with Crippen LogP contribution in [0.4, 0.5) is 14.5 Å². The van der Waals surface area contributed by atoms with Gasteiger partial charge in [-0.1, -0.05) is 0 Å². The molecule has 0 atom stereocenters. The smallest absolute Gasteiger partial charge is 0.243 e. The summed E-state index contributed by atoms with van der Waals surface area (Å²) in [5.41, 5.74) is 4.13. The maximum absolute atomic E-state index is 13.6. The van der Waals surface area contributed by atoms with Crippen molar-refractivity contribution >= 4 is 25.7 Å². The molecule has 0 spiro atoms. The monoisotopic (exact) mass is 329 g/mol. The van der Waals surface area contributed by atoms with Gasteiger partial charge in [0.1, 0.15) is 16.4 Å². The van der Waals surface area contributed by atoms with E-state index in [4.69, 9.17) is 5.73 Å². The summed E-state index contributed by atoms with van der Waals surface area (Å²) in [6, 6.07) is 1.41. The van der Waals surface area contributed by atoms with Crippen LogP contribution in [0.15, 0.2) is 17.0 Å². The molecule has 0 heterocycles. The Balaban J connectivity index is 2.93. The van der Waals surface area contributed by atoms with Crippen LogP contribution in [0.25, 0.3) is 0 Å². The number of benzene rings is 1. The van der Waals surface area contributed by atoms with E-state index in [2.05, 4.69) is 0 Å². The fourth-order valence-corrected chi connectivity index (χ4v) is 3.07. The molecule has 0 unspecified atom stereocenters. The fourth-order valence-electron chi connectivity index (χ4n) is 1.25. The Morgan fingerprint density at radius 3 is 2.35 bits per heavy atom. The van der Waals surface area contributed by atoms with E-state index in [0.29, 0.717) is 12.1 Å². The van der Waals surface area contributed by atoms with E-state index in [9.17, 15) is 25.6 Å². The predicted molar refractivity (Wildman–Crippen MR) is 68.8 cm³/mol. The molecule has 1 aromatic carbocycles. The van der Waals surface area contributed by atoms with Gasteiger partial charge in [-0.05, 0) is 19.2 Å². The minimum atomic E-state index is -4.32. The predicted octanol–water partition coefficient (Wildman–Crippen LogP) is -0.626. The summed E-state index contributed by atoms with van der Waals surface area (Å²) in [5.74, 6) is -3.03. The third kappa shape index (κ3) is 3.85. The molecule has 114 valence electrons. The standard InChI is InChI=1S/C9H13F2N3O4S2/c1-13-19(15,16)5-4-14-20(17,18)7-3-2-6(10)9(12)8(7)11/h2-3,13-14H,4-5,12H2,1H3. The molecular formula is C9H13F2N3O4S2. The lowest BCUT2D eigenvalue weighted by Gasteiger charge is -2.09. The van der Waals surface area contributed by atoms with Crippen molar-refractivity contribution in [2.24, 2.45) is 0 Å². The van der Waals surface area contributed by atoms with E-state index in [1.165, 1.54) is 7.05 Å². The molecule has 0 aliphatic rings. The Hall–Kier alpha value is -1.30. The SMILES string of the molecule is CNS(=O)(=O)CCNS(=O)(=O)c1ccc(F)c(N)c1F. The molecule has 1 aromatic rings. The van der Waals surface area contributed by atoms with Crippen LogP contribution in [-0.4, -0.2) is 36.2 Å². The minimum absolute atomic E-state index is 0.470. The van der Waals surface area contributed by atoms with Crippen molar-refractivity contribution in [1.29, 1.82) is 0 Å². The van der Waals surface area contributed by atoms with E-state index in [0.717, 1.165) is 0 Å². The number of halogens is 2. The van der Waals surface area contributed by atoms with Gasteiger partial charge in [-0.3, -0.25) is 0 Å². The number of nitrogens with one attached hydrogen (secondary N) is 2. The van der Waals surface area contributed by atoms with Crippen molar-refractivity contribution in [1.82, 2.24) is 9.44 Å². The molecule has 0 fully saturated rings. The first kappa shape index (κ1) is 16.8. The van der Waals surface area contributed by atoms with E-state index in [-0.39, 0.29) is 0 Å². The highest BCUT2D eigenvalue weighted by atomic mass is 32.2. The highest BCUT2D eigenvalue weighted by Crippen LogP contribution is 2.22. The van der Waals surface area contributed by atoms with Gasteiger partial charge in [0.15, 0.2) is 5.82 Å². The van der Waals surface area contributed by atoms with Gasteiger partial charge in [-0.25, -0.2) is 35.1 Å². The second-order valence-electron chi connectivity index (χ2n) is 3.69. The van der Waals surface area contributed by atoms with Gasteiger partial charge in [0, 0.05) is 6.54 Å². The number of hydrogen-bond donors (Lipinski definition) is 3. The van der Waals surface area contributed by atoms with E-state index in [1.807, 2.05) is 9.44 Å². The van der Waals surface area contributed by atoms with Crippen LogP contribution in [0.2, 0.25) is 0 Å². The summed E-state index contributed by atoms with van der Waals surface area (Å²) < 4.78 is 76.1. The Morgan fingerprint density at radius 1 is 1.20 bits per heavy atom. The minimum Gasteiger partial charge on any atom is -0.394 e. The van der Waals surface area contributed by atoms with Gasteiger partial charge >= 0.3 is 0 Å². The Bertz CT molecular complexity index is 704. The molecule has 0 bridgehead atoms. The lowest BCUT2D eigenvalue weighted by atomic mass is 10.3. The van der Waals surface area contributed by atoms with Crippen LogP contribution in [0.5, 0.6) is 0 Å². The summed E-state index contributed by atoms with van der Waals surface area (Å²) in [6.45, 7) is -0.470. The van der Waals surface area contributed by atoms with E-state index in [1.54, 1.807) is 0 Å². The average Bonchev–Trinajstić information content (AvgIpc) is 2.35. The largest absolute Gasteiger partial charge is 0.394 e. The highest BCUT2D eigenvalue weighted by molar-refractivity contribution is 7.90. The third-order valence-corrected chi connectivity index (χ3v) is 5.20. The molecule has 0 saturated heterocycles. The van der Waals surface area contributed by atoms with Gasteiger partial charge in [-0.15, -0.1) is 0 Å². The summed E-state index contributed by atoms with van der Waals surface area (Å²) in [4.78, 5) is -0.849. The van der Waals surface area contributed by atoms with Crippen molar-refractivity contribution in [2.45, 2.75) is 4.90 Å². The van der Waals surface area contributed by atoms with E-state index >= 15 is 0 Å². The number of hydrogen-bond acceptors (Lipinski definition) is 5. The molecule has 0 aliphatic heterocycles. The van der Waals surface area contributed by atoms with Crippen LogP contribution in [0.3, 0.4) is 0 Å². The maximum Gasteiger partial charge on any atom is 0.243 e. The Kier molecular flexibility index (Phi) is 5.02. The van der Waals surface area contributed by atoms with Crippen LogP contribution in [-0.2, 0) is 20.0 Å². The maximum atomic E-state index is 13.6. The zero-order valence-corrected chi connectivity index (χ0v) is 12.0. The van der Waals surface area contributed by atoms with Crippen molar-refractivity contribution in [2.75, 3.05) is 25.1 Å². The van der Waals surface area contributed by atoms with Gasteiger partial charge in [0.2, 0.25) is 20.0 Å². The van der Waals surface area contributed by atoms with Crippen LogP contribution < -0.4 is 15.2 Å². The third-order valence-electron chi connectivity index (χ3n) is 2.35. The summed E-state index contributed by atoms with van der Waals surface area (Å²) >= 11 is 0. The van der Waals surface area contributed by atoms with Gasteiger partial charge in [0.25, 0.3) is 0 Å². The number of sulfonamides is 2.